The Morgan fingerprint density at radius 3 is 2.58 bits per heavy atom. The van der Waals surface area contributed by atoms with Crippen LogP contribution in [0.2, 0.25) is 0 Å². The largest absolute Gasteiger partial charge is 0.351 e. The lowest BCUT2D eigenvalue weighted by molar-refractivity contribution is -0.107. The summed E-state index contributed by atoms with van der Waals surface area (Å²) in [5, 5.41) is 20.1. The van der Waals surface area contributed by atoms with E-state index >= 15 is 0 Å². The standard InChI is InChI=1S/C16H19N3O5S2/c1-11-10-12(6-5-9-19(2)25-15(11)20)26(23,24)18-14-8-4-3-7-13(14)17-16(21)22/h3-8,10,16-18,21-22H,1,9H2,2H3/b6-5-,12-10+. The molecule has 4 N–H and O–H groups in total. The van der Waals surface area contributed by atoms with Crippen molar-refractivity contribution >= 4 is 38.5 Å². The minimum atomic E-state index is -4.04. The van der Waals surface area contributed by atoms with Gasteiger partial charge in [0.05, 0.1) is 16.3 Å². The Kier molecular flexibility index (Phi) is 6.62. The van der Waals surface area contributed by atoms with Crippen molar-refractivity contribution in [1.29, 1.82) is 0 Å². The molecule has 140 valence electrons. The van der Waals surface area contributed by atoms with E-state index in [2.05, 4.69) is 16.6 Å². The van der Waals surface area contributed by atoms with Crippen LogP contribution < -0.4 is 10.0 Å². The fourth-order valence-electron chi connectivity index (χ4n) is 2.04. The molecule has 1 aliphatic rings. The average molecular weight is 397 g/mol. The number of carbonyl (C=O) groups excluding carboxylic acids is 1. The minimum Gasteiger partial charge on any atom is -0.351 e. The Morgan fingerprint density at radius 2 is 1.92 bits per heavy atom. The molecule has 0 fully saturated rings. The van der Waals surface area contributed by atoms with E-state index in [1.165, 1.54) is 24.3 Å². The maximum Gasteiger partial charge on any atom is 0.261 e. The highest BCUT2D eigenvalue weighted by Gasteiger charge is 2.21. The molecule has 1 aromatic carbocycles. The van der Waals surface area contributed by atoms with Crippen molar-refractivity contribution in [2.24, 2.45) is 0 Å². The summed E-state index contributed by atoms with van der Waals surface area (Å²) in [6.45, 7) is 3.99. The highest BCUT2D eigenvalue weighted by molar-refractivity contribution is 8.12. The molecule has 0 saturated heterocycles. The Bertz CT molecular complexity index is 862. The number of benzene rings is 1. The lowest BCUT2D eigenvalue weighted by atomic mass is 10.3. The molecular formula is C16H19N3O5S2. The van der Waals surface area contributed by atoms with Gasteiger partial charge in [0.1, 0.15) is 0 Å². The van der Waals surface area contributed by atoms with E-state index in [1.54, 1.807) is 29.6 Å². The van der Waals surface area contributed by atoms with Crippen LogP contribution in [0.3, 0.4) is 0 Å². The molecule has 0 spiro atoms. The number of hydrogen-bond acceptors (Lipinski definition) is 8. The molecular weight excluding hydrogens is 378 g/mol. The molecule has 0 bridgehead atoms. The van der Waals surface area contributed by atoms with Crippen LogP contribution in [0, 0.1) is 0 Å². The van der Waals surface area contributed by atoms with Crippen molar-refractivity contribution in [2.45, 2.75) is 6.41 Å². The number of rotatable bonds is 5. The van der Waals surface area contributed by atoms with Crippen LogP contribution in [0.15, 0.2) is 59.6 Å². The minimum absolute atomic E-state index is 0.0472. The van der Waals surface area contributed by atoms with Crippen LogP contribution >= 0.6 is 11.9 Å². The smallest absolute Gasteiger partial charge is 0.261 e. The van der Waals surface area contributed by atoms with Gasteiger partial charge in [-0.2, -0.15) is 0 Å². The average Bonchev–Trinajstić information content (AvgIpc) is 2.60. The van der Waals surface area contributed by atoms with Gasteiger partial charge in [-0.15, -0.1) is 0 Å². The number of nitrogens with one attached hydrogen (secondary N) is 2. The van der Waals surface area contributed by atoms with Gasteiger partial charge < -0.3 is 15.5 Å². The quantitative estimate of drug-likeness (QED) is 0.333. The van der Waals surface area contributed by atoms with E-state index in [9.17, 15) is 13.2 Å². The third-order valence-corrected chi connectivity index (χ3v) is 5.48. The van der Waals surface area contributed by atoms with Gasteiger partial charge in [-0.25, -0.2) is 12.7 Å². The van der Waals surface area contributed by atoms with Crippen molar-refractivity contribution in [2.75, 3.05) is 23.6 Å². The van der Waals surface area contributed by atoms with E-state index in [0.717, 1.165) is 11.9 Å². The van der Waals surface area contributed by atoms with Crippen LogP contribution in [0.1, 0.15) is 0 Å². The molecule has 8 nitrogen and oxygen atoms in total. The van der Waals surface area contributed by atoms with Gasteiger partial charge in [0.2, 0.25) is 11.5 Å². The van der Waals surface area contributed by atoms with E-state index in [4.69, 9.17) is 10.2 Å². The molecule has 1 aromatic rings. The molecule has 0 saturated carbocycles. The predicted molar refractivity (Wildman–Crippen MR) is 102 cm³/mol. The summed E-state index contributed by atoms with van der Waals surface area (Å²) in [6.07, 6.45) is 2.35. The number of carbonyl (C=O) groups is 1. The molecule has 1 aliphatic heterocycles. The topological polar surface area (TPSA) is 119 Å². The molecule has 0 atom stereocenters. The van der Waals surface area contributed by atoms with Gasteiger partial charge in [-0.1, -0.05) is 24.8 Å². The maximum absolute atomic E-state index is 12.7. The maximum atomic E-state index is 12.7. The fraction of sp³-hybridized carbons (Fsp3) is 0.188. The molecule has 26 heavy (non-hydrogen) atoms. The van der Waals surface area contributed by atoms with Gasteiger partial charge in [0.15, 0.2) is 0 Å². The third kappa shape index (κ3) is 5.44. The lowest BCUT2D eigenvalue weighted by Gasteiger charge is -2.15. The lowest BCUT2D eigenvalue weighted by Crippen LogP contribution is -2.20. The van der Waals surface area contributed by atoms with Crippen molar-refractivity contribution in [1.82, 2.24) is 4.31 Å². The van der Waals surface area contributed by atoms with Gasteiger partial charge in [-0.05, 0) is 31.3 Å². The molecule has 0 aliphatic carbocycles. The summed E-state index contributed by atoms with van der Waals surface area (Å²) in [4.78, 5) is 11.9. The molecule has 0 amide bonds. The van der Waals surface area contributed by atoms with E-state index < -0.39 is 16.4 Å². The Hall–Kier alpha value is -2.11. The third-order valence-electron chi connectivity index (χ3n) is 3.23. The molecule has 0 radical (unpaired) electrons. The zero-order chi connectivity index (χ0) is 19.3. The second-order valence-corrected chi connectivity index (χ2v) is 8.19. The summed E-state index contributed by atoms with van der Waals surface area (Å²) in [6, 6.07) is 6.15. The molecule has 0 aromatic heterocycles. The van der Waals surface area contributed by atoms with E-state index in [-0.39, 0.29) is 27.0 Å². The Balaban J connectivity index is 2.37. The number of aliphatic hydroxyl groups is 2. The van der Waals surface area contributed by atoms with Crippen molar-refractivity contribution < 1.29 is 23.4 Å². The van der Waals surface area contributed by atoms with Crippen LogP contribution in [0.5, 0.6) is 0 Å². The first-order chi connectivity index (χ1) is 12.2. The number of para-hydroxylation sites is 2. The van der Waals surface area contributed by atoms with Crippen molar-refractivity contribution in [3.63, 3.8) is 0 Å². The first-order valence-electron chi connectivity index (χ1n) is 7.44. The predicted octanol–water partition coefficient (Wildman–Crippen LogP) is 1.22. The Morgan fingerprint density at radius 1 is 1.27 bits per heavy atom. The van der Waals surface area contributed by atoms with Crippen molar-refractivity contribution in [3.8, 4) is 0 Å². The second kappa shape index (κ2) is 8.52. The summed E-state index contributed by atoms with van der Waals surface area (Å²) in [5.41, 5.74) is 0.355. The normalized spacial score (nSPS) is 19.9. The summed E-state index contributed by atoms with van der Waals surface area (Å²) < 4.78 is 29.5. The Labute approximate surface area is 156 Å². The number of allylic oxidation sites excluding steroid dienone is 2. The summed E-state index contributed by atoms with van der Waals surface area (Å²) >= 11 is 0.941. The number of likely N-dealkylation sites (N-methyl/N-ethyl adjacent to an activating group) is 1. The van der Waals surface area contributed by atoms with Gasteiger partial charge in [0.25, 0.3) is 10.0 Å². The number of aliphatic hydroxyl groups excluding tert-OH is 1. The van der Waals surface area contributed by atoms with Crippen LogP contribution in [0.25, 0.3) is 0 Å². The fourth-order valence-corrected chi connectivity index (χ4v) is 3.82. The molecule has 1 heterocycles. The second-order valence-electron chi connectivity index (χ2n) is 5.33. The van der Waals surface area contributed by atoms with Crippen LogP contribution in [-0.4, -0.2) is 48.1 Å². The summed E-state index contributed by atoms with van der Waals surface area (Å²) in [7, 11) is -2.34. The van der Waals surface area contributed by atoms with Crippen molar-refractivity contribution in [3.05, 3.63) is 59.6 Å². The molecule has 10 heteroatoms. The first kappa shape index (κ1) is 20.2. The summed E-state index contributed by atoms with van der Waals surface area (Å²) in [5.74, 6) is 0. The monoisotopic (exact) mass is 397 g/mol. The van der Waals surface area contributed by atoms with Crippen LogP contribution in [0.4, 0.5) is 11.4 Å². The highest BCUT2D eigenvalue weighted by Crippen LogP contribution is 2.26. The zero-order valence-electron chi connectivity index (χ0n) is 13.9. The van der Waals surface area contributed by atoms with Gasteiger partial charge >= 0.3 is 0 Å². The molecule has 2 rings (SSSR count). The van der Waals surface area contributed by atoms with Gasteiger partial charge in [-0.3, -0.25) is 9.52 Å². The SMILES string of the molecule is C=C1/C=C(S(=O)(=O)Nc2ccccc2NC(O)O)\C=C/CN(C)SC1=O. The van der Waals surface area contributed by atoms with E-state index in [0.29, 0.717) is 6.54 Å². The number of hydrogen-bond donors (Lipinski definition) is 4. The van der Waals surface area contributed by atoms with Crippen LogP contribution in [-0.2, 0) is 14.8 Å². The number of nitrogens with zero attached hydrogens (tertiary/aromatic N) is 1. The molecule has 0 unspecified atom stereocenters. The zero-order valence-corrected chi connectivity index (χ0v) is 15.5. The highest BCUT2D eigenvalue weighted by atomic mass is 32.2. The first-order valence-corrected chi connectivity index (χ1v) is 9.70. The van der Waals surface area contributed by atoms with E-state index in [1.807, 2.05) is 0 Å². The number of anilines is 2. The number of sulfonamides is 1. The van der Waals surface area contributed by atoms with Gasteiger partial charge in [0, 0.05) is 24.1 Å².